The number of carbonyl (C=O) groups is 4. The molecule has 1 aliphatic heterocycles. The van der Waals surface area contributed by atoms with E-state index < -0.39 is 35.1 Å². The largest absolute Gasteiger partial charge is 0.444 e. The number of rotatable bonds is 5. The Labute approximate surface area is 252 Å². The fourth-order valence-corrected chi connectivity index (χ4v) is 4.27. The van der Waals surface area contributed by atoms with Crippen LogP contribution in [0.15, 0.2) is 0 Å². The molecule has 1 unspecified atom stereocenters. The molecule has 0 spiro atoms. The maximum absolute atomic E-state index is 13.4. The fourth-order valence-electron chi connectivity index (χ4n) is 4.27. The monoisotopic (exact) mass is 600 g/mol. The lowest BCUT2D eigenvalue weighted by atomic mass is 9.99. The number of hydrogen-bond donors (Lipinski definition) is 2. The van der Waals surface area contributed by atoms with Crippen LogP contribution in [0.1, 0.15) is 94.4 Å². The van der Waals surface area contributed by atoms with Gasteiger partial charge in [-0.15, -0.1) is 0 Å². The highest BCUT2D eigenvalue weighted by atomic mass is 16.6. The Kier molecular flexibility index (Phi) is 14.9. The summed E-state index contributed by atoms with van der Waals surface area (Å²) in [5.41, 5.74) is -2.17. The van der Waals surface area contributed by atoms with E-state index >= 15 is 0 Å². The van der Waals surface area contributed by atoms with Crippen LogP contribution in [0.4, 0.5) is 14.4 Å². The van der Waals surface area contributed by atoms with Gasteiger partial charge in [0.05, 0.1) is 0 Å². The lowest BCUT2D eigenvalue weighted by molar-refractivity contribution is -0.121. The maximum atomic E-state index is 13.4. The predicted molar refractivity (Wildman–Crippen MR) is 160 cm³/mol. The summed E-state index contributed by atoms with van der Waals surface area (Å²) in [6.45, 7) is 17.5. The molecule has 0 aromatic carbocycles. The van der Waals surface area contributed by atoms with Gasteiger partial charge in [-0.3, -0.25) is 4.79 Å². The van der Waals surface area contributed by atoms with Gasteiger partial charge in [-0.05, 0) is 81.1 Å². The van der Waals surface area contributed by atoms with E-state index in [1.807, 2.05) is 0 Å². The SMILES string of the molecule is CC(C)(C)OC(=O)N1CCC(=O)NCCN(C(=O)OC(C)(C)C)CC(CCCCCO)CN(C(=O)OC(C)(C)C)CC1. The molecule has 244 valence electrons. The Morgan fingerprint density at radius 1 is 0.714 bits per heavy atom. The van der Waals surface area contributed by atoms with Crippen LogP contribution in [0.5, 0.6) is 0 Å². The number of hydrogen-bond acceptors (Lipinski definition) is 8. The van der Waals surface area contributed by atoms with E-state index in [-0.39, 0.29) is 64.1 Å². The summed E-state index contributed by atoms with van der Waals surface area (Å²) < 4.78 is 17.0. The molecule has 0 aromatic rings. The molecule has 1 atom stereocenters. The zero-order valence-corrected chi connectivity index (χ0v) is 27.4. The van der Waals surface area contributed by atoms with E-state index in [1.54, 1.807) is 72.1 Å². The van der Waals surface area contributed by atoms with E-state index in [2.05, 4.69) is 5.32 Å². The lowest BCUT2D eigenvalue weighted by Gasteiger charge is -2.35. The summed E-state index contributed by atoms with van der Waals surface area (Å²) in [6.07, 6.45) is 1.37. The third kappa shape index (κ3) is 16.6. The van der Waals surface area contributed by atoms with E-state index in [9.17, 15) is 24.3 Å². The molecule has 2 N–H and O–H groups in total. The number of aliphatic hydroxyl groups excluding tert-OH is 1. The van der Waals surface area contributed by atoms with Crippen LogP contribution in [-0.2, 0) is 19.0 Å². The highest BCUT2D eigenvalue weighted by Crippen LogP contribution is 2.19. The molecule has 0 aliphatic carbocycles. The molecule has 12 heteroatoms. The average Bonchev–Trinajstić information content (AvgIpc) is 2.81. The summed E-state index contributed by atoms with van der Waals surface area (Å²) in [5, 5.41) is 12.1. The van der Waals surface area contributed by atoms with Crippen molar-refractivity contribution in [2.75, 3.05) is 52.4 Å². The summed E-state index contributed by atoms with van der Waals surface area (Å²) >= 11 is 0. The van der Waals surface area contributed by atoms with Crippen LogP contribution in [0.2, 0.25) is 0 Å². The van der Waals surface area contributed by atoms with Crippen LogP contribution in [-0.4, -0.2) is 113 Å². The Hall–Kier alpha value is -2.76. The molecular formula is C30H56N4O8. The standard InChI is InChI=1S/C30H56N4O8/c1-28(2,3)40-25(37)32-16-14-24(36)31-15-17-33(26(38)41-29(4,5)6)21-23(13-11-10-12-20-35)22-34(19-18-32)27(39)42-30(7,8)9/h23,35H,10-22H2,1-9H3,(H,31,36). The Balaban J connectivity index is 3.38. The zero-order chi connectivity index (χ0) is 32.1. The second-order valence-corrected chi connectivity index (χ2v) is 13.9. The van der Waals surface area contributed by atoms with Crippen molar-refractivity contribution in [3.05, 3.63) is 0 Å². The number of carbonyl (C=O) groups excluding carboxylic acids is 4. The van der Waals surface area contributed by atoms with Crippen molar-refractivity contribution in [1.82, 2.24) is 20.0 Å². The van der Waals surface area contributed by atoms with E-state index in [4.69, 9.17) is 14.2 Å². The fraction of sp³-hybridized carbons (Fsp3) is 0.867. The second-order valence-electron chi connectivity index (χ2n) is 13.9. The predicted octanol–water partition coefficient (Wildman–Crippen LogP) is 4.39. The van der Waals surface area contributed by atoms with Crippen molar-refractivity contribution < 1.29 is 38.5 Å². The molecule has 0 aromatic heterocycles. The van der Waals surface area contributed by atoms with Crippen molar-refractivity contribution in [2.24, 2.45) is 5.92 Å². The van der Waals surface area contributed by atoms with Gasteiger partial charge in [0.15, 0.2) is 0 Å². The molecule has 42 heavy (non-hydrogen) atoms. The molecule has 1 fully saturated rings. The molecule has 4 amide bonds. The molecule has 12 nitrogen and oxygen atoms in total. The van der Waals surface area contributed by atoms with Crippen molar-refractivity contribution in [3.8, 4) is 0 Å². The molecular weight excluding hydrogens is 544 g/mol. The summed E-state index contributed by atoms with van der Waals surface area (Å²) in [5.74, 6) is -0.424. The van der Waals surface area contributed by atoms with Crippen LogP contribution < -0.4 is 5.32 Å². The number of nitrogens with one attached hydrogen (secondary N) is 1. The van der Waals surface area contributed by atoms with Crippen LogP contribution >= 0.6 is 0 Å². The molecule has 1 heterocycles. The third-order valence-electron chi connectivity index (χ3n) is 6.14. The quantitative estimate of drug-likeness (QED) is 0.350. The molecule has 1 aliphatic rings. The van der Waals surface area contributed by atoms with Gasteiger partial charge in [-0.2, -0.15) is 0 Å². The zero-order valence-electron chi connectivity index (χ0n) is 27.4. The van der Waals surface area contributed by atoms with Crippen LogP contribution in [0.25, 0.3) is 0 Å². The Bertz CT molecular complexity index is 876. The third-order valence-corrected chi connectivity index (χ3v) is 6.14. The molecule has 0 saturated carbocycles. The van der Waals surface area contributed by atoms with E-state index in [1.165, 1.54) is 4.90 Å². The first-order chi connectivity index (χ1) is 19.3. The van der Waals surface area contributed by atoms with E-state index in [0.717, 1.165) is 12.8 Å². The number of nitrogens with zero attached hydrogens (tertiary/aromatic N) is 3. The molecule has 1 rings (SSSR count). The molecule has 0 bridgehead atoms. The lowest BCUT2D eigenvalue weighted by Crippen LogP contribution is -2.49. The van der Waals surface area contributed by atoms with Gasteiger partial charge < -0.3 is 39.3 Å². The van der Waals surface area contributed by atoms with Gasteiger partial charge in [0.2, 0.25) is 5.91 Å². The van der Waals surface area contributed by atoms with Gasteiger partial charge in [-0.1, -0.05) is 12.8 Å². The Morgan fingerprint density at radius 3 is 1.64 bits per heavy atom. The highest BCUT2D eigenvalue weighted by molar-refractivity contribution is 5.77. The van der Waals surface area contributed by atoms with Gasteiger partial charge in [0.1, 0.15) is 16.8 Å². The smallest absolute Gasteiger partial charge is 0.410 e. The first-order valence-corrected chi connectivity index (χ1v) is 15.1. The summed E-state index contributed by atoms with van der Waals surface area (Å²) in [6, 6.07) is 0. The summed E-state index contributed by atoms with van der Waals surface area (Å²) in [7, 11) is 0. The highest BCUT2D eigenvalue weighted by Gasteiger charge is 2.31. The van der Waals surface area contributed by atoms with Gasteiger partial charge in [0, 0.05) is 58.8 Å². The average molecular weight is 601 g/mol. The number of unbranched alkanes of at least 4 members (excludes halogenated alkanes) is 2. The number of amides is 4. The minimum atomic E-state index is -0.738. The van der Waals surface area contributed by atoms with Crippen molar-refractivity contribution in [2.45, 2.75) is 111 Å². The minimum absolute atomic E-state index is 0.0333. The van der Waals surface area contributed by atoms with Crippen molar-refractivity contribution >= 4 is 24.2 Å². The minimum Gasteiger partial charge on any atom is -0.444 e. The normalized spacial score (nSPS) is 18.6. The van der Waals surface area contributed by atoms with Gasteiger partial charge >= 0.3 is 18.3 Å². The van der Waals surface area contributed by atoms with Crippen LogP contribution in [0, 0.1) is 5.92 Å². The maximum Gasteiger partial charge on any atom is 0.410 e. The summed E-state index contributed by atoms with van der Waals surface area (Å²) in [4.78, 5) is 56.9. The topological polar surface area (TPSA) is 138 Å². The van der Waals surface area contributed by atoms with Crippen molar-refractivity contribution in [1.29, 1.82) is 0 Å². The Morgan fingerprint density at radius 2 is 1.17 bits per heavy atom. The number of aliphatic hydroxyl groups is 1. The van der Waals surface area contributed by atoms with Gasteiger partial charge in [-0.25, -0.2) is 14.4 Å². The first kappa shape index (κ1) is 37.3. The number of ether oxygens (including phenoxy) is 3. The van der Waals surface area contributed by atoms with Crippen LogP contribution in [0.3, 0.4) is 0 Å². The molecule has 0 radical (unpaired) electrons. The second kappa shape index (κ2) is 16.8. The van der Waals surface area contributed by atoms with Crippen molar-refractivity contribution in [3.63, 3.8) is 0 Å². The van der Waals surface area contributed by atoms with Gasteiger partial charge in [0.25, 0.3) is 0 Å². The molecule has 1 saturated heterocycles. The first-order valence-electron chi connectivity index (χ1n) is 15.1. The van der Waals surface area contributed by atoms with E-state index in [0.29, 0.717) is 19.4 Å².